The second-order valence-electron chi connectivity index (χ2n) is 4.77. The van der Waals surface area contributed by atoms with E-state index in [1.807, 2.05) is 0 Å². The summed E-state index contributed by atoms with van der Waals surface area (Å²) in [7, 11) is -3.60. The second kappa shape index (κ2) is 5.75. The number of nitrogen functional groups attached to an aromatic ring is 1. The van der Waals surface area contributed by atoms with E-state index >= 15 is 0 Å². The molecule has 0 atom stereocenters. The lowest BCUT2D eigenvalue weighted by Crippen LogP contribution is -2.24. The van der Waals surface area contributed by atoms with Gasteiger partial charge in [0.25, 0.3) is 0 Å². The molecule has 1 saturated carbocycles. The molecule has 3 N–H and O–H groups in total. The fourth-order valence-electron chi connectivity index (χ4n) is 2.43. The predicted molar refractivity (Wildman–Crippen MR) is 74.1 cm³/mol. The summed E-state index contributed by atoms with van der Waals surface area (Å²) >= 11 is 0. The summed E-state index contributed by atoms with van der Waals surface area (Å²) < 4.78 is 28.1. The van der Waals surface area contributed by atoms with Gasteiger partial charge in [0.05, 0.1) is 12.2 Å². The average Bonchev–Trinajstić information content (AvgIpc) is 2.80. The topological polar surface area (TPSA) is 90.0 Å². The Hall–Kier alpha value is -1.34. The highest BCUT2D eigenvalue weighted by Crippen LogP contribution is 2.31. The van der Waals surface area contributed by atoms with E-state index in [0.29, 0.717) is 0 Å². The van der Waals surface area contributed by atoms with Crippen LogP contribution in [0.15, 0.2) is 23.7 Å². The summed E-state index contributed by atoms with van der Waals surface area (Å²) in [5, 5.41) is 4.16. The number of nitrogens with one attached hydrogen (secondary N) is 1. The van der Waals surface area contributed by atoms with Gasteiger partial charge in [0.2, 0.25) is 10.0 Å². The number of aromatic nitrogens is 2. The lowest BCUT2D eigenvalue weighted by molar-refractivity contribution is 0.333. The molecule has 1 aromatic rings. The molecule has 0 saturated heterocycles. The molecule has 106 valence electrons. The lowest BCUT2D eigenvalue weighted by atomic mass is 9.96. The molecule has 0 radical (unpaired) electrons. The minimum atomic E-state index is -3.60. The number of hydrogen-bond acceptors (Lipinski definition) is 4. The molecule has 1 heterocycles. The molecule has 1 fully saturated rings. The highest BCUT2D eigenvalue weighted by Gasteiger charge is 2.25. The maximum atomic E-state index is 12.0. The van der Waals surface area contributed by atoms with Gasteiger partial charge in [-0.05, 0) is 12.8 Å². The van der Waals surface area contributed by atoms with E-state index < -0.39 is 10.0 Å². The maximum Gasteiger partial charge on any atom is 0.246 e. The molecule has 0 aliphatic heterocycles. The first-order valence-corrected chi connectivity index (χ1v) is 7.98. The zero-order valence-electron chi connectivity index (χ0n) is 10.9. The summed E-state index contributed by atoms with van der Waals surface area (Å²) in [6, 6.07) is 0.220. The van der Waals surface area contributed by atoms with E-state index in [1.165, 1.54) is 18.7 Å². The Morgan fingerprint density at radius 2 is 2.16 bits per heavy atom. The number of sulfonamides is 1. The van der Waals surface area contributed by atoms with Crippen LogP contribution in [0, 0.1) is 0 Å². The molecule has 0 spiro atoms. The van der Waals surface area contributed by atoms with Crippen molar-refractivity contribution in [3.63, 3.8) is 0 Å². The molecule has 7 heteroatoms. The molecule has 1 aliphatic rings. The van der Waals surface area contributed by atoms with Crippen LogP contribution in [0.3, 0.4) is 0 Å². The van der Waals surface area contributed by atoms with Crippen molar-refractivity contribution < 1.29 is 8.42 Å². The highest BCUT2D eigenvalue weighted by atomic mass is 32.2. The minimum Gasteiger partial charge on any atom is -0.383 e. The maximum absolute atomic E-state index is 12.0. The van der Waals surface area contributed by atoms with Gasteiger partial charge in [-0.15, -0.1) is 6.58 Å². The Bertz CT molecular complexity index is 544. The Labute approximate surface area is 113 Å². The van der Waals surface area contributed by atoms with Gasteiger partial charge in [0, 0.05) is 6.54 Å². The fraction of sp³-hybridized carbons (Fsp3) is 0.583. The van der Waals surface area contributed by atoms with Gasteiger partial charge in [0.15, 0.2) is 0 Å². The fourth-order valence-corrected chi connectivity index (χ4v) is 3.47. The molecule has 0 unspecified atom stereocenters. The van der Waals surface area contributed by atoms with Crippen molar-refractivity contribution in [3.05, 3.63) is 18.9 Å². The van der Waals surface area contributed by atoms with Crippen LogP contribution in [0.1, 0.15) is 38.1 Å². The zero-order valence-corrected chi connectivity index (χ0v) is 11.7. The van der Waals surface area contributed by atoms with Crippen LogP contribution in [-0.4, -0.2) is 24.7 Å². The van der Waals surface area contributed by atoms with Crippen LogP contribution < -0.4 is 10.5 Å². The van der Waals surface area contributed by atoms with Crippen LogP contribution in [0.5, 0.6) is 0 Å². The predicted octanol–water partition coefficient (Wildman–Crippen LogP) is 1.43. The van der Waals surface area contributed by atoms with Gasteiger partial charge in [-0.3, -0.25) is 0 Å². The van der Waals surface area contributed by atoms with Crippen LogP contribution >= 0.6 is 0 Å². The van der Waals surface area contributed by atoms with Gasteiger partial charge < -0.3 is 5.73 Å². The third-order valence-corrected chi connectivity index (χ3v) is 4.87. The molecule has 0 amide bonds. The van der Waals surface area contributed by atoms with Crippen LogP contribution in [0.4, 0.5) is 5.82 Å². The molecule has 1 aromatic heterocycles. The summed E-state index contributed by atoms with van der Waals surface area (Å²) in [5.74, 6) is 0.225. The van der Waals surface area contributed by atoms with Crippen molar-refractivity contribution in [1.29, 1.82) is 0 Å². The third-order valence-electron chi connectivity index (χ3n) is 3.43. The van der Waals surface area contributed by atoms with Crippen molar-refractivity contribution >= 4 is 15.8 Å². The van der Waals surface area contributed by atoms with Gasteiger partial charge >= 0.3 is 0 Å². The highest BCUT2D eigenvalue weighted by molar-refractivity contribution is 7.89. The molecule has 0 aromatic carbocycles. The number of nitrogens with two attached hydrogens (primary N) is 1. The quantitative estimate of drug-likeness (QED) is 0.800. The van der Waals surface area contributed by atoms with Crippen molar-refractivity contribution in [3.8, 4) is 0 Å². The summed E-state index contributed by atoms with van der Waals surface area (Å²) in [5.41, 5.74) is 5.95. The number of hydrogen-bond donors (Lipinski definition) is 2. The second-order valence-corrected chi connectivity index (χ2v) is 6.51. The zero-order chi connectivity index (χ0) is 13.9. The van der Waals surface area contributed by atoms with Crippen LogP contribution in [0.25, 0.3) is 0 Å². The Kier molecular flexibility index (Phi) is 4.26. The Morgan fingerprint density at radius 3 is 2.79 bits per heavy atom. The van der Waals surface area contributed by atoms with Gasteiger partial charge in [-0.1, -0.05) is 25.3 Å². The molecular formula is C12H20N4O2S. The van der Waals surface area contributed by atoms with E-state index in [1.54, 1.807) is 4.68 Å². The van der Waals surface area contributed by atoms with Crippen molar-refractivity contribution in [2.45, 2.75) is 43.0 Å². The van der Waals surface area contributed by atoms with Crippen molar-refractivity contribution in [1.82, 2.24) is 14.5 Å². The van der Waals surface area contributed by atoms with E-state index in [2.05, 4.69) is 16.4 Å². The third kappa shape index (κ3) is 2.98. The summed E-state index contributed by atoms with van der Waals surface area (Å²) in [6.07, 6.45) is 8.33. The van der Waals surface area contributed by atoms with Gasteiger partial charge in [-0.2, -0.15) is 5.10 Å². The first-order chi connectivity index (χ1) is 9.06. The summed E-state index contributed by atoms with van der Waals surface area (Å²) in [4.78, 5) is 0.0555. The first-order valence-electron chi connectivity index (χ1n) is 6.50. The van der Waals surface area contributed by atoms with E-state index in [4.69, 9.17) is 5.73 Å². The van der Waals surface area contributed by atoms with Crippen LogP contribution in [0.2, 0.25) is 0 Å². The molecule has 6 nitrogen and oxygen atoms in total. The number of anilines is 1. The summed E-state index contributed by atoms with van der Waals surface area (Å²) in [6.45, 7) is 3.66. The van der Waals surface area contributed by atoms with E-state index in [9.17, 15) is 8.42 Å². The lowest BCUT2D eigenvalue weighted by Gasteiger charge is -2.22. The average molecular weight is 284 g/mol. The molecule has 2 rings (SSSR count). The Balaban J connectivity index is 2.24. The first kappa shape index (κ1) is 14.1. The standard InChI is InChI=1S/C12H20N4O2S/c1-2-8-15-19(17,18)11-9-14-16(12(11)13)10-6-4-3-5-7-10/h2,9-10,15H,1,3-8,13H2. The molecular weight excluding hydrogens is 264 g/mol. The van der Waals surface area contributed by atoms with E-state index in [-0.39, 0.29) is 23.3 Å². The number of rotatable bonds is 5. The smallest absolute Gasteiger partial charge is 0.246 e. The largest absolute Gasteiger partial charge is 0.383 e. The normalized spacial score (nSPS) is 17.5. The minimum absolute atomic E-state index is 0.0555. The molecule has 19 heavy (non-hydrogen) atoms. The van der Waals surface area contributed by atoms with Crippen molar-refractivity contribution in [2.24, 2.45) is 0 Å². The molecule has 1 aliphatic carbocycles. The van der Waals surface area contributed by atoms with Crippen LogP contribution in [-0.2, 0) is 10.0 Å². The SMILES string of the molecule is C=CCNS(=O)(=O)c1cnn(C2CCCCC2)c1N. The number of nitrogens with zero attached hydrogens (tertiary/aromatic N) is 2. The monoisotopic (exact) mass is 284 g/mol. The Morgan fingerprint density at radius 1 is 1.47 bits per heavy atom. The molecule has 0 bridgehead atoms. The van der Waals surface area contributed by atoms with Gasteiger partial charge in [0.1, 0.15) is 10.7 Å². The van der Waals surface area contributed by atoms with E-state index in [0.717, 1.165) is 25.7 Å². The van der Waals surface area contributed by atoms with Crippen molar-refractivity contribution in [2.75, 3.05) is 12.3 Å². The van der Waals surface area contributed by atoms with Gasteiger partial charge in [-0.25, -0.2) is 17.8 Å².